The zero-order valence-corrected chi connectivity index (χ0v) is 11.5. The maximum Gasteiger partial charge on any atom is 0.320 e. The van der Waals surface area contributed by atoms with E-state index < -0.39 is 5.67 Å². The molecule has 2 aliphatic heterocycles. The molecule has 3 fully saturated rings. The number of piperidine rings is 1. The highest BCUT2D eigenvalue weighted by Crippen LogP contribution is 2.39. The number of halogens is 1. The van der Waals surface area contributed by atoms with Gasteiger partial charge in [-0.3, -0.25) is 0 Å². The summed E-state index contributed by atoms with van der Waals surface area (Å²) < 4.78 is 13.6. The van der Waals surface area contributed by atoms with Gasteiger partial charge >= 0.3 is 6.03 Å². The zero-order valence-electron chi connectivity index (χ0n) is 11.5. The van der Waals surface area contributed by atoms with Gasteiger partial charge in [0.05, 0.1) is 0 Å². The molecule has 1 unspecified atom stereocenters. The molecule has 108 valence electrons. The van der Waals surface area contributed by atoms with Crippen molar-refractivity contribution in [2.24, 2.45) is 0 Å². The average Bonchev–Trinajstić information content (AvgIpc) is 2.95. The minimum Gasteiger partial charge on any atom is -0.325 e. The number of nitrogens with zero attached hydrogens (tertiary/aromatic N) is 2. The highest BCUT2D eigenvalue weighted by atomic mass is 19.1. The third-order valence-corrected chi connectivity index (χ3v) is 4.57. The molecule has 0 bridgehead atoms. The summed E-state index contributed by atoms with van der Waals surface area (Å²) in [5.41, 5.74) is -0.943. The van der Waals surface area contributed by atoms with Gasteiger partial charge in [0.15, 0.2) is 0 Å². The second-order valence-corrected chi connectivity index (χ2v) is 6.29. The molecule has 0 radical (unpaired) electrons. The first kappa shape index (κ1) is 13.2. The summed E-state index contributed by atoms with van der Waals surface area (Å²) in [7, 11) is 0. The van der Waals surface area contributed by atoms with Crippen molar-refractivity contribution in [1.82, 2.24) is 15.1 Å². The molecule has 1 saturated carbocycles. The maximum atomic E-state index is 13.6. The van der Waals surface area contributed by atoms with Crippen molar-refractivity contribution in [2.75, 3.05) is 32.7 Å². The Hall–Kier alpha value is -0.840. The second-order valence-electron chi connectivity index (χ2n) is 6.29. The van der Waals surface area contributed by atoms with Crippen LogP contribution in [0.4, 0.5) is 9.18 Å². The molecule has 5 heteroatoms. The zero-order chi connectivity index (χ0) is 13.3. The van der Waals surface area contributed by atoms with Crippen LogP contribution in [-0.4, -0.2) is 60.3 Å². The molecule has 0 spiro atoms. The lowest BCUT2D eigenvalue weighted by atomic mass is 10.1. The normalized spacial score (nSPS) is 29.6. The van der Waals surface area contributed by atoms with Crippen LogP contribution in [0.2, 0.25) is 0 Å². The number of carbonyl (C=O) groups excluding carboxylic acids is 1. The standard InChI is InChI=1S/C14H24FN3O/c15-14(5-6-14)11-16-12-4-3-9-18(10-12)13(19)17-7-1-2-8-17/h12,16H,1-11H2. The molecule has 1 aliphatic carbocycles. The number of amides is 2. The van der Waals surface area contributed by atoms with Crippen LogP contribution in [0.1, 0.15) is 38.5 Å². The van der Waals surface area contributed by atoms with Gasteiger partial charge in [0.1, 0.15) is 5.67 Å². The predicted molar refractivity (Wildman–Crippen MR) is 71.9 cm³/mol. The van der Waals surface area contributed by atoms with Crippen molar-refractivity contribution < 1.29 is 9.18 Å². The molecule has 1 N–H and O–H groups in total. The molecule has 0 aromatic carbocycles. The molecule has 2 amide bonds. The fraction of sp³-hybridized carbons (Fsp3) is 0.929. The van der Waals surface area contributed by atoms with Gasteiger partial charge < -0.3 is 15.1 Å². The van der Waals surface area contributed by atoms with Crippen LogP contribution in [0.25, 0.3) is 0 Å². The van der Waals surface area contributed by atoms with E-state index >= 15 is 0 Å². The first-order chi connectivity index (χ1) is 9.16. The predicted octanol–water partition coefficient (Wildman–Crippen LogP) is 1.76. The van der Waals surface area contributed by atoms with E-state index in [1.807, 2.05) is 9.80 Å². The second kappa shape index (κ2) is 5.27. The summed E-state index contributed by atoms with van der Waals surface area (Å²) in [6.45, 7) is 3.87. The first-order valence-corrected chi connectivity index (χ1v) is 7.62. The number of rotatable bonds is 3. The first-order valence-electron chi connectivity index (χ1n) is 7.62. The van der Waals surface area contributed by atoms with Crippen LogP contribution >= 0.6 is 0 Å². The lowest BCUT2D eigenvalue weighted by Crippen LogP contribution is -2.52. The van der Waals surface area contributed by atoms with Crippen LogP contribution in [0.15, 0.2) is 0 Å². The van der Waals surface area contributed by atoms with Crippen LogP contribution in [-0.2, 0) is 0 Å². The van der Waals surface area contributed by atoms with E-state index in [0.29, 0.717) is 19.4 Å². The minimum absolute atomic E-state index is 0.186. The molecule has 1 atom stereocenters. The van der Waals surface area contributed by atoms with Gasteiger partial charge in [-0.05, 0) is 38.5 Å². The number of hydrogen-bond acceptors (Lipinski definition) is 2. The number of likely N-dealkylation sites (tertiary alicyclic amines) is 2. The van der Waals surface area contributed by atoms with Crippen LogP contribution in [0, 0.1) is 0 Å². The highest BCUT2D eigenvalue weighted by Gasteiger charge is 2.43. The molecule has 2 saturated heterocycles. The Morgan fingerprint density at radius 1 is 1.16 bits per heavy atom. The van der Waals surface area contributed by atoms with E-state index in [4.69, 9.17) is 0 Å². The van der Waals surface area contributed by atoms with Crippen molar-refractivity contribution >= 4 is 6.03 Å². The van der Waals surface area contributed by atoms with Crippen LogP contribution in [0.5, 0.6) is 0 Å². The third kappa shape index (κ3) is 3.19. The molecule has 2 heterocycles. The van der Waals surface area contributed by atoms with E-state index in [-0.39, 0.29) is 12.1 Å². The van der Waals surface area contributed by atoms with Gasteiger partial charge in [-0.25, -0.2) is 9.18 Å². The minimum atomic E-state index is -0.943. The summed E-state index contributed by atoms with van der Waals surface area (Å²) in [4.78, 5) is 16.2. The molecular formula is C14H24FN3O. The Morgan fingerprint density at radius 2 is 1.84 bits per heavy atom. The van der Waals surface area contributed by atoms with Crippen molar-refractivity contribution in [1.29, 1.82) is 0 Å². The number of carbonyl (C=O) groups is 1. The fourth-order valence-electron chi connectivity index (χ4n) is 3.07. The smallest absolute Gasteiger partial charge is 0.320 e. The molecule has 4 nitrogen and oxygen atoms in total. The fourth-order valence-corrected chi connectivity index (χ4v) is 3.07. The SMILES string of the molecule is O=C(N1CCCC1)N1CCCC(NCC2(F)CC2)C1. The molecule has 3 rings (SSSR count). The summed E-state index contributed by atoms with van der Waals surface area (Å²) in [6.07, 6.45) is 5.74. The van der Waals surface area contributed by atoms with E-state index in [2.05, 4.69) is 5.32 Å². The molecular weight excluding hydrogens is 245 g/mol. The molecule has 3 aliphatic rings. The quantitative estimate of drug-likeness (QED) is 0.847. The van der Waals surface area contributed by atoms with Gasteiger partial charge in [-0.2, -0.15) is 0 Å². The Labute approximate surface area is 114 Å². The Bertz CT molecular complexity index is 340. The number of hydrogen-bond donors (Lipinski definition) is 1. The number of alkyl halides is 1. The van der Waals surface area contributed by atoms with Gasteiger partial charge in [0.25, 0.3) is 0 Å². The van der Waals surface area contributed by atoms with Crippen molar-refractivity contribution in [2.45, 2.75) is 50.2 Å². The maximum absolute atomic E-state index is 13.6. The van der Waals surface area contributed by atoms with E-state index in [1.54, 1.807) is 0 Å². The Balaban J connectivity index is 1.48. The lowest BCUT2D eigenvalue weighted by Gasteiger charge is -2.35. The van der Waals surface area contributed by atoms with E-state index in [9.17, 15) is 9.18 Å². The lowest BCUT2D eigenvalue weighted by molar-refractivity contribution is 0.139. The summed E-state index contributed by atoms with van der Waals surface area (Å²) >= 11 is 0. The van der Waals surface area contributed by atoms with Gasteiger partial charge in [0, 0.05) is 38.8 Å². The summed E-state index contributed by atoms with van der Waals surface area (Å²) in [5.74, 6) is 0. The largest absolute Gasteiger partial charge is 0.325 e. The average molecular weight is 269 g/mol. The highest BCUT2D eigenvalue weighted by molar-refractivity contribution is 5.74. The number of urea groups is 1. The summed E-state index contributed by atoms with van der Waals surface area (Å²) in [6, 6.07) is 0.457. The van der Waals surface area contributed by atoms with Gasteiger partial charge in [0.2, 0.25) is 0 Å². The Morgan fingerprint density at radius 3 is 2.53 bits per heavy atom. The topological polar surface area (TPSA) is 35.6 Å². The number of nitrogens with one attached hydrogen (secondary N) is 1. The molecule has 19 heavy (non-hydrogen) atoms. The molecule has 0 aromatic rings. The van der Waals surface area contributed by atoms with Gasteiger partial charge in [-0.1, -0.05) is 0 Å². The van der Waals surface area contributed by atoms with Crippen LogP contribution < -0.4 is 5.32 Å². The van der Waals surface area contributed by atoms with Crippen molar-refractivity contribution in [3.63, 3.8) is 0 Å². The summed E-state index contributed by atoms with van der Waals surface area (Å²) in [5, 5.41) is 3.31. The van der Waals surface area contributed by atoms with Gasteiger partial charge in [-0.15, -0.1) is 0 Å². The van der Waals surface area contributed by atoms with Crippen molar-refractivity contribution in [3.8, 4) is 0 Å². The molecule has 0 aromatic heterocycles. The van der Waals surface area contributed by atoms with Crippen molar-refractivity contribution in [3.05, 3.63) is 0 Å². The third-order valence-electron chi connectivity index (χ3n) is 4.57. The Kier molecular flexibility index (Phi) is 3.65. The van der Waals surface area contributed by atoms with E-state index in [1.165, 1.54) is 0 Å². The monoisotopic (exact) mass is 269 g/mol. The van der Waals surface area contributed by atoms with E-state index in [0.717, 1.165) is 51.9 Å². The van der Waals surface area contributed by atoms with Crippen LogP contribution in [0.3, 0.4) is 0 Å².